The summed E-state index contributed by atoms with van der Waals surface area (Å²) in [5, 5.41) is 18.0. The minimum absolute atomic E-state index is 0.0552. The minimum atomic E-state index is -0.652. The lowest BCUT2D eigenvalue weighted by Crippen LogP contribution is -2.37. The lowest BCUT2D eigenvalue weighted by atomic mass is 9.99. The Morgan fingerprint density at radius 2 is 2.11 bits per heavy atom. The molecule has 1 amide bonds. The van der Waals surface area contributed by atoms with Gasteiger partial charge in [0.1, 0.15) is 5.92 Å². The summed E-state index contributed by atoms with van der Waals surface area (Å²) in [6.07, 6.45) is 0.981. The van der Waals surface area contributed by atoms with E-state index in [1.807, 2.05) is 37.3 Å². The van der Waals surface area contributed by atoms with E-state index >= 15 is 0 Å². The van der Waals surface area contributed by atoms with Crippen LogP contribution in [0.3, 0.4) is 0 Å². The first-order chi connectivity index (χ1) is 9.22. The van der Waals surface area contributed by atoms with Crippen LogP contribution in [0.4, 0.5) is 0 Å². The van der Waals surface area contributed by atoms with Crippen LogP contribution < -0.4 is 0 Å². The predicted octanol–water partition coefficient (Wildman–Crippen LogP) is 1.60. The third-order valence-electron chi connectivity index (χ3n) is 3.02. The maximum atomic E-state index is 12.2. The second kappa shape index (κ2) is 8.28. The molecule has 0 saturated carbocycles. The molecule has 4 nitrogen and oxygen atoms in total. The van der Waals surface area contributed by atoms with E-state index in [0.29, 0.717) is 25.9 Å². The SMILES string of the molecule is CCN(CCCO)C(=O)C(C#N)Cc1ccccc1. The molecule has 0 fully saturated rings. The molecule has 0 radical (unpaired) electrons. The van der Waals surface area contributed by atoms with Crippen molar-refractivity contribution in [1.82, 2.24) is 4.90 Å². The average molecular weight is 260 g/mol. The van der Waals surface area contributed by atoms with Gasteiger partial charge in [0.25, 0.3) is 0 Å². The molecule has 19 heavy (non-hydrogen) atoms. The zero-order valence-corrected chi connectivity index (χ0v) is 11.2. The van der Waals surface area contributed by atoms with E-state index in [4.69, 9.17) is 5.11 Å². The Hall–Kier alpha value is -1.86. The van der Waals surface area contributed by atoms with Gasteiger partial charge in [-0.15, -0.1) is 0 Å². The highest BCUT2D eigenvalue weighted by Gasteiger charge is 2.23. The second-order valence-electron chi connectivity index (χ2n) is 4.37. The molecule has 0 aliphatic carbocycles. The Kier molecular flexibility index (Phi) is 6.62. The quantitative estimate of drug-likeness (QED) is 0.810. The first-order valence-electron chi connectivity index (χ1n) is 6.56. The van der Waals surface area contributed by atoms with Crippen LogP contribution in [-0.4, -0.2) is 35.6 Å². The number of carbonyl (C=O) groups excluding carboxylic acids is 1. The third-order valence-corrected chi connectivity index (χ3v) is 3.02. The van der Waals surface area contributed by atoms with E-state index in [0.717, 1.165) is 5.56 Å². The first kappa shape index (κ1) is 15.2. The molecule has 0 bridgehead atoms. The highest BCUT2D eigenvalue weighted by Crippen LogP contribution is 2.11. The van der Waals surface area contributed by atoms with Gasteiger partial charge in [-0.25, -0.2) is 0 Å². The highest BCUT2D eigenvalue weighted by molar-refractivity contribution is 5.81. The summed E-state index contributed by atoms with van der Waals surface area (Å²) in [6, 6.07) is 11.6. The number of benzene rings is 1. The van der Waals surface area contributed by atoms with Crippen LogP contribution >= 0.6 is 0 Å². The van der Waals surface area contributed by atoms with Crippen LogP contribution in [0, 0.1) is 17.2 Å². The molecule has 0 spiro atoms. The molecule has 0 aliphatic rings. The molecule has 1 atom stereocenters. The van der Waals surface area contributed by atoms with E-state index < -0.39 is 5.92 Å². The summed E-state index contributed by atoms with van der Waals surface area (Å²) in [6.45, 7) is 3.00. The summed E-state index contributed by atoms with van der Waals surface area (Å²) in [5.41, 5.74) is 0.987. The predicted molar refractivity (Wildman–Crippen MR) is 73.2 cm³/mol. The number of hydrogen-bond donors (Lipinski definition) is 1. The summed E-state index contributed by atoms with van der Waals surface area (Å²) in [5.74, 6) is -0.802. The number of amides is 1. The summed E-state index contributed by atoms with van der Waals surface area (Å²) in [4.78, 5) is 13.9. The van der Waals surface area contributed by atoms with Gasteiger partial charge in [-0.1, -0.05) is 30.3 Å². The lowest BCUT2D eigenvalue weighted by molar-refractivity contribution is -0.133. The van der Waals surface area contributed by atoms with Crippen molar-refractivity contribution in [1.29, 1.82) is 5.26 Å². The Bertz CT molecular complexity index is 426. The van der Waals surface area contributed by atoms with Crippen molar-refractivity contribution in [2.45, 2.75) is 19.8 Å². The third kappa shape index (κ3) is 4.72. The van der Waals surface area contributed by atoms with E-state index in [2.05, 4.69) is 6.07 Å². The van der Waals surface area contributed by atoms with Crippen LogP contribution in [0.2, 0.25) is 0 Å². The number of aliphatic hydroxyl groups excluding tert-OH is 1. The van der Waals surface area contributed by atoms with Gasteiger partial charge in [0.05, 0.1) is 6.07 Å². The highest BCUT2D eigenvalue weighted by atomic mass is 16.3. The fraction of sp³-hybridized carbons (Fsp3) is 0.467. The van der Waals surface area contributed by atoms with Crippen LogP contribution in [0.15, 0.2) is 30.3 Å². The van der Waals surface area contributed by atoms with E-state index in [1.165, 1.54) is 0 Å². The summed E-state index contributed by atoms with van der Waals surface area (Å²) >= 11 is 0. The molecule has 1 unspecified atom stereocenters. The molecule has 0 aliphatic heterocycles. The smallest absolute Gasteiger partial charge is 0.240 e. The Morgan fingerprint density at radius 1 is 1.42 bits per heavy atom. The first-order valence-corrected chi connectivity index (χ1v) is 6.56. The molecule has 1 aromatic rings. The van der Waals surface area contributed by atoms with Crippen LogP contribution in [0.5, 0.6) is 0 Å². The maximum absolute atomic E-state index is 12.2. The van der Waals surface area contributed by atoms with Gasteiger partial charge in [-0.05, 0) is 25.3 Å². The molecule has 0 aromatic heterocycles. The van der Waals surface area contributed by atoms with Crippen molar-refractivity contribution >= 4 is 5.91 Å². The van der Waals surface area contributed by atoms with Crippen LogP contribution in [0.25, 0.3) is 0 Å². The molecule has 0 heterocycles. The van der Waals surface area contributed by atoms with Crippen molar-refractivity contribution < 1.29 is 9.90 Å². The van der Waals surface area contributed by atoms with Crippen molar-refractivity contribution in [3.8, 4) is 6.07 Å². The van der Waals surface area contributed by atoms with E-state index in [9.17, 15) is 10.1 Å². The van der Waals surface area contributed by atoms with Crippen molar-refractivity contribution in [3.63, 3.8) is 0 Å². The average Bonchev–Trinajstić information content (AvgIpc) is 2.46. The number of aliphatic hydroxyl groups is 1. The van der Waals surface area contributed by atoms with Gasteiger partial charge < -0.3 is 10.0 Å². The Morgan fingerprint density at radius 3 is 2.63 bits per heavy atom. The zero-order chi connectivity index (χ0) is 14.1. The standard InChI is InChI=1S/C15H20N2O2/c1-2-17(9-6-10-18)15(19)14(12-16)11-13-7-4-3-5-8-13/h3-5,7-8,14,18H,2,6,9-11H2,1H3. The van der Waals surface area contributed by atoms with Crippen LogP contribution in [0.1, 0.15) is 18.9 Å². The lowest BCUT2D eigenvalue weighted by Gasteiger charge is -2.23. The van der Waals surface area contributed by atoms with E-state index in [1.54, 1.807) is 4.90 Å². The number of hydrogen-bond acceptors (Lipinski definition) is 3. The van der Waals surface area contributed by atoms with Gasteiger partial charge in [-0.2, -0.15) is 5.26 Å². The van der Waals surface area contributed by atoms with Crippen molar-refractivity contribution in [2.75, 3.05) is 19.7 Å². The molecule has 1 aromatic carbocycles. The fourth-order valence-electron chi connectivity index (χ4n) is 1.94. The van der Waals surface area contributed by atoms with Gasteiger partial charge in [0.2, 0.25) is 5.91 Å². The van der Waals surface area contributed by atoms with Gasteiger partial charge >= 0.3 is 0 Å². The van der Waals surface area contributed by atoms with Crippen LogP contribution in [-0.2, 0) is 11.2 Å². The minimum Gasteiger partial charge on any atom is -0.396 e. The molecule has 1 rings (SSSR count). The largest absolute Gasteiger partial charge is 0.396 e. The maximum Gasteiger partial charge on any atom is 0.240 e. The molecule has 1 N–H and O–H groups in total. The second-order valence-corrected chi connectivity index (χ2v) is 4.37. The molecular weight excluding hydrogens is 240 g/mol. The molecule has 102 valence electrons. The number of carbonyl (C=O) groups is 1. The number of nitrogens with zero attached hydrogens (tertiary/aromatic N) is 2. The zero-order valence-electron chi connectivity index (χ0n) is 11.2. The molecular formula is C15H20N2O2. The fourth-order valence-corrected chi connectivity index (χ4v) is 1.94. The Labute approximate surface area is 114 Å². The van der Waals surface area contributed by atoms with Crippen molar-refractivity contribution in [3.05, 3.63) is 35.9 Å². The monoisotopic (exact) mass is 260 g/mol. The summed E-state index contributed by atoms with van der Waals surface area (Å²) in [7, 11) is 0. The Balaban J connectivity index is 2.68. The van der Waals surface area contributed by atoms with Crippen molar-refractivity contribution in [2.24, 2.45) is 5.92 Å². The number of rotatable bonds is 7. The molecule has 4 heteroatoms. The normalized spacial score (nSPS) is 11.6. The molecule has 0 saturated heterocycles. The van der Waals surface area contributed by atoms with Gasteiger partial charge in [0, 0.05) is 19.7 Å². The van der Waals surface area contributed by atoms with Gasteiger partial charge in [-0.3, -0.25) is 4.79 Å². The number of nitriles is 1. The topological polar surface area (TPSA) is 64.3 Å². The van der Waals surface area contributed by atoms with Gasteiger partial charge in [0.15, 0.2) is 0 Å². The summed E-state index contributed by atoms with van der Waals surface area (Å²) < 4.78 is 0. The van der Waals surface area contributed by atoms with E-state index in [-0.39, 0.29) is 12.5 Å².